The van der Waals surface area contributed by atoms with Crippen LogP contribution in [-0.2, 0) is 10.4 Å². The van der Waals surface area contributed by atoms with Crippen LogP contribution < -0.4 is 15.2 Å². The summed E-state index contributed by atoms with van der Waals surface area (Å²) in [4.78, 5) is 0. The lowest BCUT2D eigenvalue weighted by molar-refractivity contribution is 0.174. The molecule has 2 N–H and O–H groups in total. The van der Waals surface area contributed by atoms with Gasteiger partial charge in [-0.2, -0.15) is 0 Å². The number of hydrogen-bond donors (Lipinski definition) is 1. The first-order valence-corrected chi connectivity index (χ1v) is 6.43. The molecule has 0 amide bonds. The average molecular weight is 236 g/mol. The van der Waals surface area contributed by atoms with Crippen molar-refractivity contribution in [3.8, 4) is 11.5 Å². The Morgan fingerprint density at radius 3 is 1.67 bits per heavy atom. The first kappa shape index (κ1) is 12.2. The molecule has 0 fully saturated rings. The second-order valence-electron chi connectivity index (χ2n) is 6.70. The normalized spacial score (nSPS) is 24.7. The van der Waals surface area contributed by atoms with E-state index in [1.165, 1.54) is 11.1 Å². The lowest BCUT2D eigenvalue weighted by Crippen LogP contribution is -2.67. The second kappa shape index (κ2) is 3.16. The van der Waals surface area contributed by atoms with Gasteiger partial charge in [-0.15, -0.1) is 0 Å². The van der Waals surface area contributed by atoms with Crippen molar-refractivity contribution >= 4 is 39.2 Å². The highest BCUT2D eigenvalue weighted by Crippen LogP contribution is 2.51. The van der Waals surface area contributed by atoms with Gasteiger partial charge in [-0.05, 0) is 17.6 Å². The van der Waals surface area contributed by atoms with E-state index in [2.05, 4.69) is 51.4 Å². The Hall–Kier alpha value is -0.895. The summed E-state index contributed by atoms with van der Waals surface area (Å²) < 4.78 is 11.0. The Labute approximate surface area is 112 Å². The fourth-order valence-corrected chi connectivity index (χ4v) is 3.32. The van der Waals surface area contributed by atoms with Crippen LogP contribution >= 0.6 is 0 Å². The SMILES string of the molecule is BC1(B)c2cc3c(cc2C(B)(B)C1(B)N)OCO3. The summed E-state index contributed by atoms with van der Waals surface area (Å²) in [5.41, 5.74) is 8.91. The first-order valence-electron chi connectivity index (χ1n) is 6.43. The first-order chi connectivity index (χ1) is 8.19. The maximum absolute atomic E-state index is 6.66. The van der Waals surface area contributed by atoms with Crippen molar-refractivity contribution < 1.29 is 9.47 Å². The van der Waals surface area contributed by atoms with Gasteiger partial charge >= 0.3 is 0 Å². The number of nitrogens with two attached hydrogens (primary N) is 1. The molecule has 1 aliphatic carbocycles. The zero-order valence-corrected chi connectivity index (χ0v) is 11.8. The minimum absolute atomic E-state index is 0.0905. The second-order valence-corrected chi connectivity index (χ2v) is 6.70. The van der Waals surface area contributed by atoms with Gasteiger partial charge in [-0.3, -0.25) is 0 Å². The van der Waals surface area contributed by atoms with Crippen molar-refractivity contribution in [3.05, 3.63) is 23.3 Å². The third kappa shape index (κ3) is 1.15. The summed E-state index contributed by atoms with van der Waals surface area (Å²) in [7, 11) is 11.0. The predicted molar refractivity (Wildman–Crippen MR) is 85.6 cm³/mol. The van der Waals surface area contributed by atoms with E-state index >= 15 is 0 Å². The third-order valence-corrected chi connectivity index (χ3v) is 5.46. The van der Waals surface area contributed by atoms with E-state index in [0.29, 0.717) is 6.79 Å². The van der Waals surface area contributed by atoms with E-state index in [1.54, 1.807) is 0 Å². The molecule has 1 heterocycles. The van der Waals surface area contributed by atoms with Gasteiger partial charge in [0.05, 0.1) is 0 Å². The molecule has 8 heteroatoms. The molecule has 0 spiro atoms. The number of fused-ring (bicyclic) bond motifs is 2. The molecule has 1 aliphatic heterocycles. The van der Waals surface area contributed by atoms with Crippen LogP contribution in [0.2, 0.25) is 0 Å². The van der Waals surface area contributed by atoms with Crippen LogP contribution in [0, 0.1) is 0 Å². The van der Waals surface area contributed by atoms with E-state index in [1.807, 2.05) is 0 Å². The maximum atomic E-state index is 6.66. The summed E-state index contributed by atoms with van der Waals surface area (Å²) in [6, 6.07) is 4.22. The minimum Gasteiger partial charge on any atom is -0.454 e. The summed E-state index contributed by atoms with van der Waals surface area (Å²) in [5, 5.41) is -0.181. The van der Waals surface area contributed by atoms with Crippen molar-refractivity contribution in [1.29, 1.82) is 0 Å². The molecule has 0 bridgehead atoms. The molecule has 0 radical (unpaired) electrons. The topological polar surface area (TPSA) is 44.5 Å². The largest absolute Gasteiger partial charge is 0.454 e. The Morgan fingerprint density at radius 2 is 1.28 bits per heavy atom. The van der Waals surface area contributed by atoms with Crippen molar-refractivity contribution in [2.45, 2.75) is 15.9 Å². The van der Waals surface area contributed by atoms with E-state index in [4.69, 9.17) is 15.2 Å². The molecule has 3 nitrogen and oxygen atoms in total. The van der Waals surface area contributed by atoms with Gasteiger partial charge in [-0.1, -0.05) is 21.6 Å². The van der Waals surface area contributed by atoms with Gasteiger partial charge in [0.2, 0.25) is 6.79 Å². The molecular formula is C10H16B5NO2. The van der Waals surface area contributed by atoms with Crippen molar-refractivity contribution in [3.63, 3.8) is 0 Å². The average Bonchev–Trinajstić information content (AvgIpc) is 2.76. The van der Waals surface area contributed by atoms with Crippen LogP contribution in [0.1, 0.15) is 11.1 Å². The highest BCUT2D eigenvalue weighted by atomic mass is 16.7. The molecule has 18 heavy (non-hydrogen) atoms. The summed E-state index contributed by atoms with van der Waals surface area (Å²) in [6.07, 6.45) is 0. The molecular weight excluding hydrogens is 220 g/mol. The molecule has 2 aliphatic rings. The molecule has 0 saturated heterocycles. The molecule has 0 saturated carbocycles. The molecule has 0 unspecified atom stereocenters. The molecule has 0 aromatic heterocycles. The number of hydrogen-bond acceptors (Lipinski definition) is 3. The van der Waals surface area contributed by atoms with Gasteiger partial charge in [0.1, 0.15) is 39.2 Å². The monoisotopic (exact) mass is 237 g/mol. The lowest BCUT2D eigenvalue weighted by atomic mass is 9.30. The van der Waals surface area contributed by atoms with Gasteiger partial charge in [0.15, 0.2) is 11.5 Å². The maximum Gasteiger partial charge on any atom is 0.231 e. The van der Waals surface area contributed by atoms with E-state index < -0.39 is 0 Å². The van der Waals surface area contributed by atoms with Gasteiger partial charge in [-0.25, -0.2) is 0 Å². The van der Waals surface area contributed by atoms with Gasteiger partial charge < -0.3 is 15.2 Å². The van der Waals surface area contributed by atoms with E-state index in [0.717, 1.165) is 11.5 Å². The van der Waals surface area contributed by atoms with E-state index in [-0.39, 0.29) is 15.9 Å². The fourth-order valence-electron chi connectivity index (χ4n) is 3.32. The third-order valence-electron chi connectivity index (χ3n) is 5.46. The van der Waals surface area contributed by atoms with E-state index in [9.17, 15) is 0 Å². The van der Waals surface area contributed by atoms with Gasteiger partial charge in [0, 0.05) is 0 Å². The molecule has 0 atom stereocenters. The smallest absolute Gasteiger partial charge is 0.231 e. The molecule has 3 rings (SSSR count). The predicted octanol–water partition coefficient (Wildman–Crippen LogP) is -4.44. The number of ether oxygens (including phenoxy) is 2. The Balaban J connectivity index is 2.31. The zero-order chi connectivity index (χ0) is 13.3. The zero-order valence-electron chi connectivity index (χ0n) is 11.8. The summed E-state index contributed by atoms with van der Waals surface area (Å²) in [5.74, 6) is 1.69. The Kier molecular flexibility index (Phi) is 2.13. The van der Waals surface area contributed by atoms with Crippen LogP contribution in [0.3, 0.4) is 0 Å². The quantitative estimate of drug-likeness (QED) is 0.462. The van der Waals surface area contributed by atoms with Crippen LogP contribution in [0.5, 0.6) is 11.5 Å². The van der Waals surface area contributed by atoms with Crippen molar-refractivity contribution in [1.82, 2.24) is 0 Å². The Morgan fingerprint density at radius 1 is 0.889 bits per heavy atom. The molecule has 88 valence electrons. The lowest BCUT2D eigenvalue weighted by Gasteiger charge is -2.45. The highest BCUT2D eigenvalue weighted by molar-refractivity contribution is 6.54. The van der Waals surface area contributed by atoms with Crippen molar-refractivity contribution in [2.24, 2.45) is 5.73 Å². The standard InChI is InChI=1S/C10H16B5NO2/c11-8(12)4-1-6-7(18-3-17-6)2-5(4)9(13,14)10(8,15)16/h1-2H,3,11-16H2. The van der Waals surface area contributed by atoms with Crippen LogP contribution in [0.25, 0.3) is 0 Å². The van der Waals surface area contributed by atoms with Crippen LogP contribution in [0.15, 0.2) is 12.1 Å². The number of benzene rings is 1. The highest BCUT2D eigenvalue weighted by Gasteiger charge is 2.56. The Bertz CT molecular complexity index is 498. The van der Waals surface area contributed by atoms with Crippen molar-refractivity contribution in [2.75, 3.05) is 6.79 Å². The fraction of sp³-hybridized carbons (Fsp3) is 0.400. The molecule has 1 aromatic rings. The van der Waals surface area contributed by atoms with Crippen LogP contribution in [-0.4, -0.2) is 51.5 Å². The summed E-state index contributed by atoms with van der Waals surface area (Å²) in [6.45, 7) is 0.318. The summed E-state index contributed by atoms with van der Waals surface area (Å²) >= 11 is 0. The minimum atomic E-state index is -0.308. The van der Waals surface area contributed by atoms with Gasteiger partial charge in [0.25, 0.3) is 0 Å². The molecule has 1 aromatic carbocycles. The van der Waals surface area contributed by atoms with Crippen LogP contribution in [0.4, 0.5) is 0 Å². The number of rotatable bonds is 0.